The van der Waals surface area contributed by atoms with Crippen molar-refractivity contribution in [3.05, 3.63) is 34.9 Å². The predicted molar refractivity (Wildman–Crippen MR) is 74.9 cm³/mol. The average Bonchev–Trinajstić information content (AvgIpc) is 2.38. The normalized spacial score (nSPS) is 12.9. The number of likely N-dealkylation sites (N-methyl/N-ethyl adjacent to an activating group) is 1. The third kappa shape index (κ3) is 5.83. The molecule has 0 saturated heterocycles. The fourth-order valence-electron chi connectivity index (χ4n) is 2.02. The Bertz CT molecular complexity index is 325. The Morgan fingerprint density at radius 2 is 1.83 bits per heavy atom. The Morgan fingerprint density at radius 1 is 1.22 bits per heavy atom. The van der Waals surface area contributed by atoms with Crippen LogP contribution in [0.2, 0.25) is 5.02 Å². The molecule has 1 rings (SSSR count). The molecule has 0 bridgehead atoms. The standard InChI is InChI=1S/C14H23ClN2O/c1-3-17(4-2)11-14(18)10-16-9-12-5-7-13(15)8-6-12/h5-8,14,16,18H,3-4,9-11H2,1-2H3/p+2/t14-/m0/s1. The molecular weight excluding hydrogens is 248 g/mol. The van der Waals surface area contributed by atoms with Gasteiger partial charge in [0.15, 0.2) is 6.10 Å². The van der Waals surface area contributed by atoms with Crippen LogP contribution in [0.1, 0.15) is 19.4 Å². The van der Waals surface area contributed by atoms with Gasteiger partial charge in [-0.2, -0.15) is 0 Å². The van der Waals surface area contributed by atoms with Gasteiger partial charge in [0, 0.05) is 10.6 Å². The zero-order valence-electron chi connectivity index (χ0n) is 11.3. The van der Waals surface area contributed by atoms with Crippen molar-refractivity contribution in [2.24, 2.45) is 0 Å². The third-order valence-corrected chi connectivity index (χ3v) is 3.51. The summed E-state index contributed by atoms with van der Waals surface area (Å²) in [5.41, 5.74) is 1.24. The van der Waals surface area contributed by atoms with Crippen molar-refractivity contribution >= 4 is 11.6 Å². The van der Waals surface area contributed by atoms with E-state index in [4.69, 9.17) is 11.6 Å². The molecule has 0 unspecified atom stereocenters. The summed E-state index contributed by atoms with van der Waals surface area (Å²) in [5, 5.41) is 12.8. The summed E-state index contributed by atoms with van der Waals surface area (Å²) in [7, 11) is 0. The molecular formula is C14H25ClN2O+2. The van der Waals surface area contributed by atoms with E-state index in [9.17, 15) is 5.11 Å². The maximum absolute atomic E-state index is 9.93. The highest BCUT2D eigenvalue weighted by molar-refractivity contribution is 6.30. The Labute approximate surface area is 115 Å². The molecule has 3 nitrogen and oxygen atoms in total. The first-order valence-electron chi connectivity index (χ1n) is 6.73. The van der Waals surface area contributed by atoms with Crippen molar-refractivity contribution in [1.82, 2.24) is 0 Å². The van der Waals surface area contributed by atoms with Gasteiger partial charge in [-0.25, -0.2) is 0 Å². The van der Waals surface area contributed by atoms with Crippen molar-refractivity contribution in [3.8, 4) is 0 Å². The summed E-state index contributed by atoms with van der Waals surface area (Å²) in [6.45, 7) is 8.94. The van der Waals surface area contributed by atoms with Gasteiger partial charge in [-0.1, -0.05) is 23.7 Å². The molecule has 1 aromatic carbocycles. The molecule has 4 heteroatoms. The number of nitrogens with two attached hydrogens (primary N) is 1. The highest BCUT2D eigenvalue weighted by Crippen LogP contribution is 2.08. The van der Waals surface area contributed by atoms with Crippen LogP contribution in [0.4, 0.5) is 0 Å². The lowest BCUT2D eigenvalue weighted by atomic mass is 10.2. The Morgan fingerprint density at radius 3 is 2.39 bits per heavy atom. The molecule has 0 aliphatic carbocycles. The number of benzene rings is 1. The molecule has 0 fully saturated rings. The molecule has 0 saturated carbocycles. The molecule has 1 atom stereocenters. The second-order valence-corrected chi connectivity index (χ2v) is 5.11. The van der Waals surface area contributed by atoms with Gasteiger partial charge in [-0.05, 0) is 26.0 Å². The van der Waals surface area contributed by atoms with Gasteiger partial charge in [-0.3, -0.25) is 0 Å². The van der Waals surface area contributed by atoms with Crippen LogP contribution < -0.4 is 10.2 Å². The van der Waals surface area contributed by atoms with E-state index < -0.39 is 0 Å². The van der Waals surface area contributed by atoms with Crippen LogP contribution in [-0.4, -0.2) is 37.4 Å². The molecule has 0 aliphatic heterocycles. The fraction of sp³-hybridized carbons (Fsp3) is 0.571. The number of quaternary nitrogens is 2. The van der Waals surface area contributed by atoms with E-state index in [-0.39, 0.29) is 6.10 Å². The van der Waals surface area contributed by atoms with Crippen LogP contribution in [0.15, 0.2) is 24.3 Å². The SMILES string of the molecule is CC[NH+](CC)C[C@@H](O)C[NH2+]Cc1ccc(Cl)cc1. The Kier molecular flexibility index (Phi) is 7.28. The van der Waals surface area contributed by atoms with Crippen LogP contribution in [0.3, 0.4) is 0 Å². The summed E-state index contributed by atoms with van der Waals surface area (Å²) >= 11 is 5.83. The van der Waals surface area contributed by atoms with Crippen molar-refractivity contribution in [2.45, 2.75) is 26.5 Å². The number of halogens is 1. The van der Waals surface area contributed by atoms with Gasteiger partial charge in [0.05, 0.1) is 13.1 Å². The van der Waals surface area contributed by atoms with Crippen molar-refractivity contribution in [3.63, 3.8) is 0 Å². The molecule has 1 aromatic rings. The van der Waals surface area contributed by atoms with Crippen LogP contribution in [0, 0.1) is 0 Å². The van der Waals surface area contributed by atoms with E-state index in [2.05, 4.69) is 19.2 Å². The van der Waals surface area contributed by atoms with Gasteiger partial charge >= 0.3 is 0 Å². The predicted octanol–water partition coefficient (Wildman–Crippen LogP) is -0.311. The first-order valence-corrected chi connectivity index (χ1v) is 7.11. The Hall–Kier alpha value is -0.610. The van der Waals surface area contributed by atoms with E-state index in [0.717, 1.165) is 37.7 Å². The maximum Gasteiger partial charge on any atom is 0.151 e. The van der Waals surface area contributed by atoms with Gasteiger partial charge in [-0.15, -0.1) is 0 Å². The Balaban J connectivity index is 2.22. The fourth-order valence-corrected chi connectivity index (χ4v) is 2.14. The van der Waals surface area contributed by atoms with Crippen LogP contribution in [0.5, 0.6) is 0 Å². The zero-order valence-corrected chi connectivity index (χ0v) is 12.1. The number of nitrogens with one attached hydrogen (secondary N) is 1. The highest BCUT2D eigenvalue weighted by Gasteiger charge is 2.13. The monoisotopic (exact) mass is 272 g/mol. The number of hydrogen-bond acceptors (Lipinski definition) is 1. The molecule has 0 heterocycles. The van der Waals surface area contributed by atoms with E-state index in [1.165, 1.54) is 10.5 Å². The summed E-state index contributed by atoms with van der Waals surface area (Å²) in [5.74, 6) is 0. The maximum atomic E-state index is 9.93. The van der Waals surface area contributed by atoms with E-state index in [1.807, 2.05) is 24.3 Å². The molecule has 0 radical (unpaired) electrons. The van der Waals surface area contributed by atoms with Crippen LogP contribution in [0.25, 0.3) is 0 Å². The van der Waals surface area contributed by atoms with E-state index in [1.54, 1.807) is 0 Å². The summed E-state index contributed by atoms with van der Waals surface area (Å²) in [6.07, 6.45) is -0.229. The van der Waals surface area contributed by atoms with Gasteiger partial charge < -0.3 is 15.3 Å². The lowest BCUT2D eigenvalue weighted by Gasteiger charge is -2.18. The number of aliphatic hydroxyl groups excluding tert-OH is 1. The van der Waals surface area contributed by atoms with E-state index in [0.29, 0.717) is 0 Å². The van der Waals surface area contributed by atoms with Gasteiger partial charge in [0.2, 0.25) is 0 Å². The third-order valence-electron chi connectivity index (χ3n) is 3.26. The molecule has 0 spiro atoms. The average molecular weight is 273 g/mol. The summed E-state index contributed by atoms with van der Waals surface area (Å²) < 4.78 is 0. The molecule has 0 aliphatic rings. The first kappa shape index (κ1) is 15.4. The zero-order chi connectivity index (χ0) is 13.4. The second-order valence-electron chi connectivity index (χ2n) is 4.67. The lowest BCUT2D eigenvalue weighted by Crippen LogP contribution is -3.13. The molecule has 102 valence electrons. The number of hydrogen-bond donors (Lipinski definition) is 3. The minimum Gasteiger partial charge on any atom is -0.382 e. The topological polar surface area (TPSA) is 41.3 Å². The quantitative estimate of drug-likeness (QED) is 0.597. The van der Waals surface area contributed by atoms with Crippen molar-refractivity contribution < 1.29 is 15.3 Å². The van der Waals surface area contributed by atoms with Crippen molar-refractivity contribution in [2.75, 3.05) is 26.2 Å². The number of aliphatic hydroxyl groups is 1. The minimum atomic E-state index is -0.229. The minimum absolute atomic E-state index is 0.229. The van der Waals surface area contributed by atoms with Crippen molar-refractivity contribution in [1.29, 1.82) is 0 Å². The summed E-state index contributed by atoms with van der Waals surface area (Å²) in [4.78, 5) is 1.45. The van der Waals surface area contributed by atoms with Crippen LogP contribution in [-0.2, 0) is 6.54 Å². The second kappa shape index (κ2) is 8.48. The number of rotatable bonds is 8. The van der Waals surface area contributed by atoms with E-state index >= 15 is 0 Å². The van der Waals surface area contributed by atoms with Gasteiger partial charge in [0.25, 0.3) is 0 Å². The van der Waals surface area contributed by atoms with Crippen LogP contribution >= 0.6 is 11.6 Å². The first-order chi connectivity index (χ1) is 8.65. The largest absolute Gasteiger partial charge is 0.382 e. The van der Waals surface area contributed by atoms with Gasteiger partial charge in [0.1, 0.15) is 19.6 Å². The lowest BCUT2D eigenvalue weighted by molar-refractivity contribution is -0.901. The smallest absolute Gasteiger partial charge is 0.151 e. The molecule has 18 heavy (non-hydrogen) atoms. The molecule has 0 amide bonds. The highest BCUT2D eigenvalue weighted by atomic mass is 35.5. The summed E-state index contributed by atoms with van der Waals surface area (Å²) in [6, 6.07) is 7.87. The molecule has 4 N–H and O–H groups in total. The molecule has 0 aromatic heterocycles.